The summed E-state index contributed by atoms with van der Waals surface area (Å²) in [4.78, 5) is 25.1. The lowest BCUT2D eigenvalue weighted by Gasteiger charge is -2.18. The maximum atomic E-state index is 13.9. The highest BCUT2D eigenvalue weighted by Crippen LogP contribution is 2.21. The predicted octanol–water partition coefficient (Wildman–Crippen LogP) is 3.18. The summed E-state index contributed by atoms with van der Waals surface area (Å²) in [7, 11) is 0. The van der Waals surface area contributed by atoms with Gasteiger partial charge in [-0.15, -0.1) is 0 Å². The van der Waals surface area contributed by atoms with Gasteiger partial charge in [0, 0.05) is 36.5 Å². The molecule has 7 nitrogen and oxygen atoms in total. The highest BCUT2D eigenvalue weighted by molar-refractivity contribution is 5.73. The van der Waals surface area contributed by atoms with Gasteiger partial charge in [-0.2, -0.15) is 13.2 Å². The van der Waals surface area contributed by atoms with E-state index in [2.05, 4.69) is 15.4 Å². The number of alkyl halides is 3. The van der Waals surface area contributed by atoms with E-state index in [1.54, 1.807) is 12.3 Å². The molecular formula is C18H17F5N4O3. The Morgan fingerprint density at radius 2 is 1.93 bits per heavy atom. The number of benzene rings is 1. The summed E-state index contributed by atoms with van der Waals surface area (Å²) in [6.07, 6.45) is -2.89. The van der Waals surface area contributed by atoms with E-state index in [1.807, 2.05) is 6.92 Å². The fourth-order valence-electron chi connectivity index (χ4n) is 2.55. The zero-order chi connectivity index (χ0) is 22.5. The molecule has 0 spiro atoms. The second-order valence-electron chi connectivity index (χ2n) is 6.05. The Hall–Kier alpha value is -3.28. The van der Waals surface area contributed by atoms with Gasteiger partial charge in [0.2, 0.25) is 0 Å². The van der Waals surface area contributed by atoms with Gasteiger partial charge in [-0.3, -0.25) is 9.89 Å². The standard InChI is InChI=1S/C16H16F2N4O.C2HF3O2/c1-2-14(12-7-10(17)3-4-13(12)18)19-9-11-8-16(23)22-15(21-11)5-6-20-22;3-2(4,5)1(6)7/h3-8,14,19-20H,2,9H2,1H3;(H,6,7). The zero-order valence-corrected chi connectivity index (χ0v) is 15.5. The minimum absolute atomic E-state index is 0.221. The summed E-state index contributed by atoms with van der Waals surface area (Å²) in [5.74, 6) is -3.70. The number of carboxylic acids is 1. The second kappa shape index (κ2) is 9.48. The number of aromatic nitrogens is 3. The van der Waals surface area contributed by atoms with E-state index in [1.165, 1.54) is 16.6 Å². The van der Waals surface area contributed by atoms with Crippen molar-refractivity contribution in [1.82, 2.24) is 19.9 Å². The molecule has 1 atom stereocenters. The molecule has 1 unspecified atom stereocenters. The number of aromatic amines is 1. The van der Waals surface area contributed by atoms with Crippen LogP contribution in [0.15, 0.2) is 41.3 Å². The molecule has 0 aliphatic rings. The van der Waals surface area contributed by atoms with Crippen molar-refractivity contribution in [1.29, 1.82) is 0 Å². The van der Waals surface area contributed by atoms with Crippen LogP contribution in [-0.4, -0.2) is 31.9 Å². The van der Waals surface area contributed by atoms with Gasteiger partial charge in [0.25, 0.3) is 5.56 Å². The predicted molar refractivity (Wildman–Crippen MR) is 95.7 cm³/mol. The molecule has 0 saturated carbocycles. The van der Waals surface area contributed by atoms with E-state index in [0.717, 1.165) is 12.1 Å². The first kappa shape index (κ1) is 23.0. The topological polar surface area (TPSA) is 99.5 Å². The van der Waals surface area contributed by atoms with Crippen molar-refractivity contribution in [3.8, 4) is 0 Å². The summed E-state index contributed by atoms with van der Waals surface area (Å²) >= 11 is 0. The van der Waals surface area contributed by atoms with Crippen molar-refractivity contribution in [2.24, 2.45) is 0 Å². The monoisotopic (exact) mass is 432 g/mol. The lowest BCUT2D eigenvalue weighted by molar-refractivity contribution is -0.192. The van der Waals surface area contributed by atoms with E-state index >= 15 is 0 Å². The van der Waals surface area contributed by atoms with Crippen molar-refractivity contribution in [2.45, 2.75) is 32.1 Å². The van der Waals surface area contributed by atoms with Crippen LogP contribution in [0.5, 0.6) is 0 Å². The number of hydrogen-bond acceptors (Lipinski definition) is 4. The minimum Gasteiger partial charge on any atom is -0.475 e. The quantitative estimate of drug-likeness (QED) is 0.538. The molecule has 12 heteroatoms. The largest absolute Gasteiger partial charge is 0.490 e. The molecule has 30 heavy (non-hydrogen) atoms. The molecule has 0 aliphatic heterocycles. The van der Waals surface area contributed by atoms with Crippen LogP contribution in [0.4, 0.5) is 22.0 Å². The number of rotatable bonds is 5. The first-order valence-corrected chi connectivity index (χ1v) is 8.57. The second-order valence-corrected chi connectivity index (χ2v) is 6.05. The maximum Gasteiger partial charge on any atom is 0.490 e. The smallest absolute Gasteiger partial charge is 0.475 e. The molecule has 2 heterocycles. The van der Waals surface area contributed by atoms with Gasteiger partial charge in [-0.1, -0.05) is 6.92 Å². The number of nitrogens with zero attached hydrogens (tertiary/aromatic N) is 2. The van der Waals surface area contributed by atoms with Crippen LogP contribution in [0.25, 0.3) is 5.65 Å². The highest BCUT2D eigenvalue weighted by atomic mass is 19.4. The lowest BCUT2D eigenvalue weighted by atomic mass is 10.0. The number of hydrogen-bond donors (Lipinski definition) is 3. The van der Waals surface area contributed by atoms with Crippen LogP contribution in [0, 0.1) is 11.6 Å². The molecule has 0 saturated heterocycles. The van der Waals surface area contributed by atoms with Gasteiger partial charge >= 0.3 is 12.1 Å². The lowest BCUT2D eigenvalue weighted by Crippen LogP contribution is -2.24. The number of fused-ring (bicyclic) bond motifs is 1. The average molecular weight is 432 g/mol. The fraction of sp³-hybridized carbons (Fsp3) is 0.278. The van der Waals surface area contributed by atoms with Crippen molar-refractivity contribution in [2.75, 3.05) is 0 Å². The van der Waals surface area contributed by atoms with Gasteiger partial charge in [0.05, 0.1) is 5.69 Å². The molecule has 0 bridgehead atoms. The molecular weight excluding hydrogens is 415 g/mol. The SMILES string of the molecule is CCC(NCc1cc(=O)n2[nH]ccc2n1)c1cc(F)ccc1F.O=C(O)C(F)(F)F. The number of H-pyrrole nitrogens is 1. The first-order valence-electron chi connectivity index (χ1n) is 8.57. The van der Waals surface area contributed by atoms with E-state index in [-0.39, 0.29) is 23.7 Å². The number of nitrogens with one attached hydrogen (secondary N) is 2. The van der Waals surface area contributed by atoms with Crippen LogP contribution in [-0.2, 0) is 11.3 Å². The Kier molecular flexibility index (Phi) is 7.27. The molecule has 0 fully saturated rings. The molecule has 0 amide bonds. The third-order valence-electron chi connectivity index (χ3n) is 3.95. The molecule has 0 aliphatic carbocycles. The molecule has 162 valence electrons. The third kappa shape index (κ3) is 5.86. The van der Waals surface area contributed by atoms with Crippen molar-refractivity contribution in [3.05, 3.63) is 69.8 Å². The number of carbonyl (C=O) groups is 1. The Labute approximate surface area is 166 Å². The van der Waals surface area contributed by atoms with Crippen LogP contribution in [0.3, 0.4) is 0 Å². The molecule has 2 aromatic heterocycles. The van der Waals surface area contributed by atoms with Crippen molar-refractivity contribution >= 4 is 11.6 Å². The summed E-state index contributed by atoms with van der Waals surface area (Å²) in [6.45, 7) is 2.16. The summed E-state index contributed by atoms with van der Waals surface area (Å²) in [6, 6.07) is 6.13. The number of halogens is 5. The Bertz CT molecular complexity index is 1080. The normalized spacial score (nSPS) is 12.3. The molecule has 3 aromatic rings. The Morgan fingerprint density at radius 3 is 2.53 bits per heavy atom. The Balaban J connectivity index is 0.000000396. The van der Waals surface area contributed by atoms with Crippen LogP contribution >= 0.6 is 0 Å². The Morgan fingerprint density at radius 1 is 1.27 bits per heavy atom. The summed E-state index contributed by atoms with van der Waals surface area (Å²) in [5, 5.41) is 13.0. The fourth-order valence-corrected chi connectivity index (χ4v) is 2.55. The van der Waals surface area contributed by atoms with E-state index < -0.39 is 23.8 Å². The maximum absolute atomic E-state index is 13.9. The molecule has 3 N–H and O–H groups in total. The molecule has 3 rings (SSSR count). The van der Waals surface area contributed by atoms with Gasteiger partial charge < -0.3 is 10.4 Å². The van der Waals surface area contributed by atoms with E-state index in [9.17, 15) is 26.7 Å². The van der Waals surface area contributed by atoms with Crippen LogP contribution < -0.4 is 10.9 Å². The first-order chi connectivity index (χ1) is 14.0. The molecule has 0 radical (unpaired) electrons. The van der Waals surface area contributed by atoms with Crippen molar-refractivity contribution in [3.63, 3.8) is 0 Å². The molecule has 1 aromatic carbocycles. The summed E-state index contributed by atoms with van der Waals surface area (Å²) in [5.41, 5.74) is 1.11. The van der Waals surface area contributed by atoms with Crippen LogP contribution in [0.2, 0.25) is 0 Å². The van der Waals surface area contributed by atoms with E-state index in [0.29, 0.717) is 17.8 Å². The minimum atomic E-state index is -5.08. The van der Waals surface area contributed by atoms with Gasteiger partial charge in [-0.05, 0) is 24.6 Å². The average Bonchev–Trinajstić information content (AvgIpc) is 3.14. The summed E-state index contributed by atoms with van der Waals surface area (Å²) < 4.78 is 60.3. The number of carboxylic acid groups (broad SMARTS) is 1. The van der Waals surface area contributed by atoms with Gasteiger partial charge in [0.15, 0.2) is 5.65 Å². The van der Waals surface area contributed by atoms with Crippen molar-refractivity contribution < 1.29 is 31.9 Å². The number of aliphatic carboxylic acids is 1. The highest BCUT2D eigenvalue weighted by Gasteiger charge is 2.38. The van der Waals surface area contributed by atoms with Crippen LogP contribution in [0.1, 0.15) is 30.6 Å². The van der Waals surface area contributed by atoms with Gasteiger partial charge in [-0.25, -0.2) is 23.1 Å². The van der Waals surface area contributed by atoms with E-state index in [4.69, 9.17) is 9.90 Å². The third-order valence-corrected chi connectivity index (χ3v) is 3.95. The zero-order valence-electron chi connectivity index (χ0n) is 15.5. The van der Waals surface area contributed by atoms with Gasteiger partial charge in [0.1, 0.15) is 11.6 Å².